The van der Waals surface area contributed by atoms with E-state index in [-0.39, 0.29) is 11.6 Å². The number of rotatable bonds is 7. The lowest BCUT2D eigenvalue weighted by Crippen LogP contribution is -2.15. The van der Waals surface area contributed by atoms with Crippen LogP contribution in [0.4, 0.5) is 11.4 Å². The number of amides is 1. The first-order valence-electron chi connectivity index (χ1n) is 7.09. The molecule has 0 atom stereocenters. The zero-order chi connectivity index (χ0) is 16.7. The number of pyridine rings is 1. The van der Waals surface area contributed by atoms with Crippen molar-refractivity contribution in [3.63, 3.8) is 0 Å². The van der Waals surface area contributed by atoms with Crippen molar-refractivity contribution in [3.8, 4) is 0 Å². The van der Waals surface area contributed by atoms with Gasteiger partial charge in [0.1, 0.15) is 0 Å². The molecule has 1 N–H and O–H groups in total. The first-order valence-corrected chi connectivity index (χ1v) is 8.25. The van der Waals surface area contributed by atoms with Crippen LogP contribution in [0.15, 0.2) is 42.6 Å². The van der Waals surface area contributed by atoms with Crippen LogP contribution in [-0.2, 0) is 11.2 Å². The van der Waals surface area contributed by atoms with E-state index in [4.69, 9.17) is 0 Å². The first-order chi connectivity index (χ1) is 11.1. The summed E-state index contributed by atoms with van der Waals surface area (Å²) in [4.78, 5) is 26.6. The topological polar surface area (TPSA) is 85.1 Å². The monoisotopic (exact) mass is 331 g/mol. The summed E-state index contributed by atoms with van der Waals surface area (Å²) in [7, 11) is 0. The number of aryl methyl sites for hydroxylation is 1. The molecule has 0 fully saturated rings. The van der Waals surface area contributed by atoms with Gasteiger partial charge in [0.05, 0.1) is 21.9 Å². The third-order valence-corrected chi connectivity index (χ3v) is 4.20. The highest BCUT2D eigenvalue weighted by Gasteiger charge is 2.14. The highest BCUT2D eigenvalue weighted by atomic mass is 32.2. The molecule has 1 aromatic heterocycles. The van der Waals surface area contributed by atoms with Crippen LogP contribution in [0.3, 0.4) is 0 Å². The molecule has 0 aliphatic carbocycles. The second-order valence-electron chi connectivity index (χ2n) is 4.88. The molecule has 0 spiro atoms. The van der Waals surface area contributed by atoms with Gasteiger partial charge in [-0.1, -0.05) is 12.1 Å². The minimum atomic E-state index is -0.452. The van der Waals surface area contributed by atoms with Crippen molar-refractivity contribution in [1.82, 2.24) is 4.98 Å². The number of nitro groups is 1. The van der Waals surface area contributed by atoms with Gasteiger partial charge in [-0.3, -0.25) is 19.9 Å². The number of anilines is 1. The maximum Gasteiger partial charge on any atom is 0.274 e. The van der Waals surface area contributed by atoms with Crippen molar-refractivity contribution < 1.29 is 9.72 Å². The second-order valence-corrected chi connectivity index (χ2v) is 5.98. The molecule has 23 heavy (non-hydrogen) atoms. The predicted molar refractivity (Wildman–Crippen MR) is 91.7 cm³/mol. The minimum absolute atomic E-state index is 0.00519. The van der Waals surface area contributed by atoms with E-state index in [1.165, 1.54) is 17.8 Å². The van der Waals surface area contributed by atoms with Gasteiger partial charge in [-0.25, -0.2) is 0 Å². The van der Waals surface area contributed by atoms with Crippen molar-refractivity contribution in [3.05, 3.63) is 64.0 Å². The number of benzene rings is 1. The van der Waals surface area contributed by atoms with Gasteiger partial charge >= 0.3 is 0 Å². The van der Waals surface area contributed by atoms with Gasteiger partial charge in [-0.15, -0.1) is 0 Å². The number of carbonyl (C=O) groups is 1. The maximum absolute atomic E-state index is 11.9. The quantitative estimate of drug-likeness (QED) is 0.478. The number of hydrogen-bond donors (Lipinski definition) is 1. The molecule has 1 amide bonds. The normalized spacial score (nSPS) is 10.3. The SMILES string of the molecule is Cc1c(NC(=O)CSCCc2ccccn2)cccc1[N+](=O)[O-]. The van der Waals surface area contributed by atoms with Gasteiger partial charge in [-0.05, 0) is 37.3 Å². The molecule has 0 bridgehead atoms. The maximum atomic E-state index is 11.9. The Morgan fingerprint density at radius 2 is 2.13 bits per heavy atom. The van der Waals surface area contributed by atoms with Crippen molar-refractivity contribution >= 4 is 29.0 Å². The zero-order valence-corrected chi connectivity index (χ0v) is 13.5. The lowest BCUT2D eigenvalue weighted by Gasteiger charge is -2.08. The van der Waals surface area contributed by atoms with Crippen LogP contribution < -0.4 is 5.32 Å². The standard InChI is InChI=1S/C16H17N3O3S/c1-12-14(6-4-7-15(12)19(21)22)18-16(20)11-23-10-8-13-5-2-3-9-17-13/h2-7,9H,8,10-11H2,1H3,(H,18,20). The van der Waals surface area contributed by atoms with Crippen molar-refractivity contribution in [1.29, 1.82) is 0 Å². The number of thioether (sulfide) groups is 1. The van der Waals surface area contributed by atoms with Gasteiger partial charge < -0.3 is 5.32 Å². The average molecular weight is 331 g/mol. The van der Waals surface area contributed by atoms with E-state index < -0.39 is 4.92 Å². The van der Waals surface area contributed by atoms with E-state index in [1.54, 1.807) is 25.3 Å². The molecule has 0 unspecified atom stereocenters. The van der Waals surface area contributed by atoms with Crippen LogP contribution in [0, 0.1) is 17.0 Å². The summed E-state index contributed by atoms with van der Waals surface area (Å²) < 4.78 is 0. The summed E-state index contributed by atoms with van der Waals surface area (Å²) in [5.74, 6) is 0.924. The molecule has 1 heterocycles. The van der Waals surface area contributed by atoms with Crippen LogP contribution in [0.1, 0.15) is 11.3 Å². The van der Waals surface area contributed by atoms with Crippen LogP contribution in [0.5, 0.6) is 0 Å². The van der Waals surface area contributed by atoms with E-state index in [0.717, 1.165) is 17.9 Å². The third-order valence-electron chi connectivity index (χ3n) is 3.24. The van der Waals surface area contributed by atoms with Gasteiger partial charge in [0.2, 0.25) is 5.91 Å². The van der Waals surface area contributed by atoms with E-state index >= 15 is 0 Å². The minimum Gasteiger partial charge on any atom is -0.325 e. The third kappa shape index (κ3) is 5.07. The molecule has 2 aromatic rings. The molecule has 0 aliphatic rings. The van der Waals surface area contributed by atoms with Crippen LogP contribution >= 0.6 is 11.8 Å². The van der Waals surface area contributed by atoms with E-state index in [9.17, 15) is 14.9 Å². The van der Waals surface area contributed by atoms with E-state index in [1.807, 2.05) is 18.2 Å². The lowest BCUT2D eigenvalue weighted by molar-refractivity contribution is -0.385. The van der Waals surface area contributed by atoms with Gasteiger partial charge in [-0.2, -0.15) is 11.8 Å². The summed E-state index contributed by atoms with van der Waals surface area (Å²) in [6, 6.07) is 10.4. The summed E-state index contributed by atoms with van der Waals surface area (Å²) in [5.41, 5.74) is 1.94. The predicted octanol–water partition coefficient (Wildman–Crippen LogP) is 3.21. The highest BCUT2D eigenvalue weighted by Crippen LogP contribution is 2.25. The Kier molecular flexibility index (Phi) is 6.10. The van der Waals surface area contributed by atoms with Gasteiger partial charge in [0.25, 0.3) is 5.69 Å². The summed E-state index contributed by atoms with van der Waals surface area (Å²) in [6.45, 7) is 1.63. The largest absolute Gasteiger partial charge is 0.325 e. The highest BCUT2D eigenvalue weighted by molar-refractivity contribution is 7.99. The Morgan fingerprint density at radius 1 is 1.30 bits per heavy atom. The smallest absolute Gasteiger partial charge is 0.274 e. The summed E-state index contributed by atoms with van der Waals surface area (Å²) >= 11 is 1.51. The fraction of sp³-hybridized carbons (Fsp3) is 0.250. The Morgan fingerprint density at radius 3 is 2.83 bits per heavy atom. The Hall–Kier alpha value is -2.41. The fourth-order valence-corrected chi connectivity index (χ4v) is 2.79. The molecule has 2 rings (SSSR count). The molecular weight excluding hydrogens is 314 g/mol. The van der Waals surface area contributed by atoms with Gasteiger partial charge in [0.15, 0.2) is 0 Å². The average Bonchev–Trinajstić information content (AvgIpc) is 2.54. The van der Waals surface area contributed by atoms with Crippen LogP contribution in [0.2, 0.25) is 0 Å². The molecule has 0 saturated heterocycles. The number of carbonyl (C=O) groups excluding carboxylic acids is 1. The Labute approximate surface area is 138 Å². The van der Waals surface area contributed by atoms with Crippen molar-refractivity contribution in [2.24, 2.45) is 0 Å². The summed E-state index contributed by atoms with van der Waals surface area (Å²) in [6.07, 6.45) is 2.55. The lowest BCUT2D eigenvalue weighted by atomic mass is 10.1. The number of aromatic nitrogens is 1. The molecule has 0 aliphatic heterocycles. The zero-order valence-electron chi connectivity index (χ0n) is 12.7. The molecule has 120 valence electrons. The first kappa shape index (κ1) is 17.0. The fourth-order valence-electron chi connectivity index (χ4n) is 2.03. The van der Waals surface area contributed by atoms with E-state index in [2.05, 4.69) is 10.3 Å². The number of nitro benzene ring substituents is 1. The molecule has 7 heteroatoms. The molecule has 6 nitrogen and oxygen atoms in total. The number of hydrogen-bond acceptors (Lipinski definition) is 5. The Bertz CT molecular complexity index is 692. The van der Waals surface area contributed by atoms with Gasteiger partial charge in [0, 0.05) is 18.0 Å². The van der Waals surface area contributed by atoms with Crippen molar-refractivity contribution in [2.45, 2.75) is 13.3 Å². The second kappa shape index (κ2) is 8.28. The molecule has 0 saturated carbocycles. The van der Waals surface area contributed by atoms with Crippen LogP contribution in [0.25, 0.3) is 0 Å². The molecular formula is C16H17N3O3S. The van der Waals surface area contributed by atoms with Crippen molar-refractivity contribution in [2.75, 3.05) is 16.8 Å². The number of nitrogens with one attached hydrogen (secondary N) is 1. The molecule has 0 radical (unpaired) electrons. The summed E-state index contributed by atoms with van der Waals surface area (Å²) in [5, 5.41) is 13.6. The van der Waals surface area contributed by atoms with E-state index in [0.29, 0.717) is 17.0 Å². The molecule has 1 aromatic carbocycles. The Balaban J connectivity index is 1.81. The number of nitrogens with zero attached hydrogens (tertiary/aromatic N) is 2. The van der Waals surface area contributed by atoms with Crippen LogP contribution in [-0.4, -0.2) is 27.3 Å².